The minimum Gasteiger partial charge on any atom is -0.345 e. The fraction of sp³-hybridized carbons (Fsp3) is 0.786. The van der Waals surface area contributed by atoms with Crippen molar-refractivity contribution >= 4 is 5.91 Å². The van der Waals surface area contributed by atoms with Crippen LogP contribution in [-0.4, -0.2) is 12.5 Å². The molecule has 0 aromatic rings. The second kappa shape index (κ2) is 5.39. The quantitative estimate of drug-likeness (QED) is 0.732. The SMILES string of the molecule is C#CCNC(=O)C(CC(C)(C)C)C(C)(C)C. The molecular formula is C14H25NO. The maximum atomic E-state index is 12.0. The minimum absolute atomic E-state index is 0.000787. The molecule has 1 unspecified atom stereocenters. The van der Waals surface area contributed by atoms with Gasteiger partial charge in [-0.3, -0.25) is 4.79 Å². The third kappa shape index (κ3) is 5.80. The van der Waals surface area contributed by atoms with E-state index in [1.54, 1.807) is 0 Å². The predicted octanol–water partition coefficient (Wildman–Crippen LogP) is 2.83. The van der Waals surface area contributed by atoms with Crippen molar-refractivity contribution in [1.29, 1.82) is 0 Å². The van der Waals surface area contributed by atoms with Gasteiger partial charge in [-0.05, 0) is 17.3 Å². The number of hydrogen-bond acceptors (Lipinski definition) is 1. The number of rotatable bonds is 3. The molecule has 92 valence electrons. The zero-order valence-electron chi connectivity index (χ0n) is 11.5. The molecule has 1 amide bonds. The van der Waals surface area contributed by atoms with Crippen LogP contribution in [0.3, 0.4) is 0 Å². The number of nitrogens with one attached hydrogen (secondary N) is 1. The Labute approximate surface area is 100 Å². The van der Waals surface area contributed by atoms with Gasteiger partial charge in [-0.25, -0.2) is 0 Å². The normalized spacial score (nSPS) is 14.1. The minimum atomic E-state index is -0.0358. The largest absolute Gasteiger partial charge is 0.345 e. The van der Waals surface area contributed by atoms with Gasteiger partial charge >= 0.3 is 0 Å². The van der Waals surface area contributed by atoms with Crippen LogP contribution in [0.1, 0.15) is 48.0 Å². The van der Waals surface area contributed by atoms with Crippen molar-refractivity contribution in [1.82, 2.24) is 5.32 Å². The molecule has 0 spiro atoms. The number of carbonyl (C=O) groups excluding carboxylic acids is 1. The molecule has 16 heavy (non-hydrogen) atoms. The molecule has 0 heterocycles. The van der Waals surface area contributed by atoms with E-state index in [4.69, 9.17) is 6.42 Å². The fourth-order valence-corrected chi connectivity index (χ4v) is 1.67. The van der Waals surface area contributed by atoms with E-state index in [0.717, 1.165) is 6.42 Å². The number of amides is 1. The third-order valence-electron chi connectivity index (χ3n) is 2.54. The molecule has 0 aliphatic heterocycles. The molecule has 1 atom stereocenters. The number of carbonyl (C=O) groups is 1. The van der Waals surface area contributed by atoms with Crippen LogP contribution in [0.15, 0.2) is 0 Å². The Balaban J connectivity index is 4.70. The van der Waals surface area contributed by atoms with Gasteiger partial charge in [0, 0.05) is 5.92 Å². The van der Waals surface area contributed by atoms with Crippen molar-refractivity contribution < 1.29 is 4.79 Å². The molecular weight excluding hydrogens is 198 g/mol. The van der Waals surface area contributed by atoms with Gasteiger partial charge in [0.2, 0.25) is 5.91 Å². The van der Waals surface area contributed by atoms with E-state index in [0.29, 0.717) is 6.54 Å². The topological polar surface area (TPSA) is 29.1 Å². The van der Waals surface area contributed by atoms with Crippen molar-refractivity contribution in [3.8, 4) is 12.3 Å². The molecule has 0 saturated carbocycles. The first-order valence-corrected chi connectivity index (χ1v) is 5.79. The van der Waals surface area contributed by atoms with Crippen LogP contribution in [-0.2, 0) is 4.79 Å². The smallest absolute Gasteiger partial charge is 0.224 e. The van der Waals surface area contributed by atoms with E-state index >= 15 is 0 Å². The van der Waals surface area contributed by atoms with Crippen LogP contribution in [0.4, 0.5) is 0 Å². The summed E-state index contributed by atoms with van der Waals surface area (Å²) in [5.74, 6) is 2.51. The molecule has 0 aromatic carbocycles. The lowest BCUT2D eigenvalue weighted by Gasteiger charge is -2.34. The Morgan fingerprint density at radius 1 is 1.25 bits per heavy atom. The summed E-state index contributed by atoms with van der Waals surface area (Å²) < 4.78 is 0. The van der Waals surface area contributed by atoms with Crippen LogP contribution in [0.2, 0.25) is 0 Å². The molecule has 0 aliphatic carbocycles. The summed E-state index contributed by atoms with van der Waals surface area (Å²) in [4.78, 5) is 12.0. The molecule has 2 nitrogen and oxygen atoms in total. The maximum Gasteiger partial charge on any atom is 0.224 e. The molecule has 0 aliphatic rings. The summed E-state index contributed by atoms with van der Waals surface area (Å²) in [6.07, 6.45) is 6.02. The third-order valence-corrected chi connectivity index (χ3v) is 2.54. The van der Waals surface area contributed by atoms with E-state index in [-0.39, 0.29) is 22.7 Å². The summed E-state index contributed by atoms with van der Waals surface area (Å²) in [6, 6.07) is 0. The first-order valence-electron chi connectivity index (χ1n) is 5.79. The lowest BCUT2D eigenvalue weighted by atomic mass is 9.72. The van der Waals surface area contributed by atoms with E-state index in [1.807, 2.05) is 0 Å². The van der Waals surface area contributed by atoms with Crippen molar-refractivity contribution in [2.45, 2.75) is 48.0 Å². The molecule has 0 saturated heterocycles. The Morgan fingerprint density at radius 3 is 2.06 bits per heavy atom. The first-order chi connectivity index (χ1) is 7.08. The van der Waals surface area contributed by atoms with Gasteiger partial charge in [0.1, 0.15) is 0 Å². The van der Waals surface area contributed by atoms with Crippen LogP contribution in [0, 0.1) is 29.1 Å². The van der Waals surface area contributed by atoms with Gasteiger partial charge in [-0.2, -0.15) is 0 Å². The summed E-state index contributed by atoms with van der Waals surface area (Å²) >= 11 is 0. The van der Waals surface area contributed by atoms with Gasteiger partial charge in [0.15, 0.2) is 0 Å². The molecule has 1 N–H and O–H groups in total. The highest BCUT2D eigenvalue weighted by molar-refractivity contribution is 5.79. The summed E-state index contributed by atoms with van der Waals surface area (Å²) in [7, 11) is 0. The molecule has 0 bridgehead atoms. The number of terminal acetylenes is 1. The fourth-order valence-electron chi connectivity index (χ4n) is 1.67. The number of hydrogen-bond donors (Lipinski definition) is 1. The van der Waals surface area contributed by atoms with Crippen LogP contribution in [0.5, 0.6) is 0 Å². The lowest BCUT2D eigenvalue weighted by molar-refractivity contribution is -0.129. The Kier molecular flexibility index (Phi) is 5.06. The summed E-state index contributed by atoms with van der Waals surface area (Å²) in [5, 5.41) is 2.79. The van der Waals surface area contributed by atoms with Gasteiger partial charge in [0.05, 0.1) is 6.54 Å². The zero-order valence-corrected chi connectivity index (χ0v) is 11.5. The second-order valence-electron chi connectivity index (χ2n) is 6.61. The van der Waals surface area contributed by atoms with E-state index in [2.05, 4.69) is 52.8 Å². The highest BCUT2D eigenvalue weighted by Crippen LogP contribution is 2.35. The Hall–Kier alpha value is -0.970. The first kappa shape index (κ1) is 15.0. The van der Waals surface area contributed by atoms with Crippen molar-refractivity contribution in [2.24, 2.45) is 16.7 Å². The maximum absolute atomic E-state index is 12.0. The highest BCUT2D eigenvalue weighted by atomic mass is 16.1. The van der Waals surface area contributed by atoms with Crippen molar-refractivity contribution in [3.63, 3.8) is 0 Å². The molecule has 0 radical (unpaired) electrons. The monoisotopic (exact) mass is 223 g/mol. The van der Waals surface area contributed by atoms with Gasteiger partial charge in [0.25, 0.3) is 0 Å². The van der Waals surface area contributed by atoms with Gasteiger partial charge in [-0.1, -0.05) is 47.5 Å². The lowest BCUT2D eigenvalue weighted by Crippen LogP contribution is -2.40. The molecule has 0 rings (SSSR count). The van der Waals surface area contributed by atoms with Crippen LogP contribution in [0.25, 0.3) is 0 Å². The predicted molar refractivity (Wildman–Crippen MR) is 68.9 cm³/mol. The second-order valence-corrected chi connectivity index (χ2v) is 6.61. The summed E-state index contributed by atoms with van der Waals surface area (Å²) in [5.41, 5.74) is 0.109. The van der Waals surface area contributed by atoms with E-state index < -0.39 is 0 Å². The molecule has 0 fully saturated rings. The van der Waals surface area contributed by atoms with E-state index in [1.165, 1.54) is 0 Å². The standard InChI is InChI=1S/C14H25NO/c1-8-9-15-12(16)11(14(5,6)7)10-13(2,3)4/h1,11H,9-10H2,2-7H3,(H,15,16). The average Bonchev–Trinajstić information content (AvgIpc) is 2.07. The zero-order chi connectivity index (χ0) is 13.0. The average molecular weight is 223 g/mol. The highest BCUT2D eigenvalue weighted by Gasteiger charge is 2.34. The van der Waals surface area contributed by atoms with Crippen LogP contribution >= 0.6 is 0 Å². The van der Waals surface area contributed by atoms with Crippen LogP contribution < -0.4 is 5.32 Å². The van der Waals surface area contributed by atoms with Gasteiger partial charge < -0.3 is 5.32 Å². The summed E-state index contributed by atoms with van der Waals surface area (Å²) in [6.45, 7) is 13.1. The Bertz CT molecular complexity index is 273. The molecule has 2 heteroatoms. The Morgan fingerprint density at radius 2 is 1.75 bits per heavy atom. The molecule has 0 aromatic heterocycles. The van der Waals surface area contributed by atoms with Gasteiger partial charge in [-0.15, -0.1) is 6.42 Å². The van der Waals surface area contributed by atoms with Crippen molar-refractivity contribution in [3.05, 3.63) is 0 Å². The van der Waals surface area contributed by atoms with Crippen molar-refractivity contribution in [2.75, 3.05) is 6.54 Å². The van der Waals surface area contributed by atoms with E-state index in [9.17, 15) is 4.79 Å².